The van der Waals surface area contributed by atoms with Gasteiger partial charge in [-0.3, -0.25) is 0 Å². The zero-order valence-corrected chi connectivity index (χ0v) is 10.3. The Morgan fingerprint density at radius 3 is 3.00 bits per heavy atom. The lowest BCUT2D eigenvalue weighted by Crippen LogP contribution is -2.32. The molecule has 1 aromatic rings. The van der Waals surface area contributed by atoms with Crippen LogP contribution in [0.25, 0.3) is 0 Å². The smallest absolute Gasteiger partial charge is 0.0637 e. The second kappa shape index (κ2) is 5.35. The number of methoxy groups -OCH3 is 1. The number of aryl methyl sites for hydroxylation is 2. The second-order valence-corrected chi connectivity index (χ2v) is 4.40. The van der Waals surface area contributed by atoms with E-state index in [0.717, 1.165) is 19.6 Å². The van der Waals surface area contributed by atoms with Crippen molar-refractivity contribution >= 4 is 5.69 Å². The molecular weight excluding hydrogens is 198 g/mol. The fourth-order valence-corrected chi connectivity index (χ4v) is 2.38. The van der Waals surface area contributed by atoms with Gasteiger partial charge in [-0.25, -0.2) is 0 Å². The first-order chi connectivity index (χ1) is 7.85. The van der Waals surface area contributed by atoms with Gasteiger partial charge >= 0.3 is 0 Å². The summed E-state index contributed by atoms with van der Waals surface area (Å²) >= 11 is 0. The molecule has 0 spiro atoms. The summed E-state index contributed by atoms with van der Waals surface area (Å²) in [6.07, 6.45) is 3.63. The molecule has 2 nitrogen and oxygen atoms in total. The Kier molecular flexibility index (Phi) is 3.83. The Bertz CT molecular complexity index is 349. The summed E-state index contributed by atoms with van der Waals surface area (Å²) in [5.74, 6) is 0. The average Bonchev–Trinajstić information content (AvgIpc) is 2.35. The molecule has 1 aromatic carbocycles. The summed E-state index contributed by atoms with van der Waals surface area (Å²) in [5, 5.41) is 0. The third-order valence-electron chi connectivity index (χ3n) is 3.33. The van der Waals surface area contributed by atoms with Crippen molar-refractivity contribution in [3.8, 4) is 0 Å². The minimum absolute atomic E-state index is 0.814. The molecule has 1 aliphatic heterocycles. The van der Waals surface area contributed by atoms with Gasteiger partial charge < -0.3 is 9.64 Å². The van der Waals surface area contributed by atoms with Gasteiger partial charge in [0.25, 0.3) is 0 Å². The maximum Gasteiger partial charge on any atom is 0.0637 e. The van der Waals surface area contributed by atoms with E-state index in [0.29, 0.717) is 0 Å². The fourth-order valence-electron chi connectivity index (χ4n) is 2.38. The topological polar surface area (TPSA) is 12.5 Å². The molecule has 0 aromatic heterocycles. The number of nitrogens with zero attached hydrogens (tertiary/aromatic N) is 1. The number of benzene rings is 1. The minimum Gasteiger partial charge on any atom is -0.383 e. The normalized spacial score (nSPS) is 15.0. The predicted molar refractivity (Wildman–Crippen MR) is 68.2 cm³/mol. The summed E-state index contributed by atoms with van der Waals surface area (Å²) in [4.78, 5) is 2.45. The fraction of sp³-hybridized carbons (Fsp3) is 0.571. The maximum absolute atomic E-state index is 5.16. The van der Waals surface area contributed by atoms with Crippen LogP contribution in [0.3, 0.4) is 0 Å². The van der Waals surface area contributed by atoms with Crippen LogP contribution in [0.2, 0.25) is 0 Å². The van der Waals surface area contributed by atoms with Crippen LogP contribution in [0.1, 0.15) is 24.5 Å². The maximum atomic E-state index is 5.16. The molecule has 1 aliphatic rings. The van der Waals surface area contributed by atoms with Gasteiger partial charge in [-0.05, 0) is 36.5 Å². The molecule has 1 heterocycles. The molecule has 0 bridgehead atoms. The molecule has 16 heavy (non-hydrogen) atoms. The Balaban J connectivity index is 2.18. The highest BCUT2D eigenvalue weighted by Gasteiger charge is 2.16. The van der Waals surface area contributed by atoms with Crippen molar-refractivity contribution in [1.29, 1.82) is 0 Å². The van der Waals surface area contributed by atoms with Gasteiger partial charge in [0.1, 0.15) is 0 Å². The van der Waals surface area contributed by atoms with Crippen LogP contribution in [0.15, 0.2) is 18.2 Å². The van der Waals surface area contributed by atoms with Gasteiger partial charge in [0.2, 0.25) is 0 Å². The van der Waals surface area contributed by atoms with Gasteiger partial charge in [0.15, 0.2) is 0 Å². The minimum atomic E-state index is 0.814. The SMILES string of the molecule is CCc1ccc2c(c1)CCCN2CCOC. The highest BCUT2D eigenvalue weighted by molar-refractivity contribution is 5.56. The molecule has 0 fully saturated rings. The van der Waals surface area contributed by atoms with E-state index in [4.69, 9.17) is 4.74 Å². The second-order valence-electron chi connectivity index (χ2n) is 4.40. The molecule has 0 atom stereocenters. The molecular formula is C14H21NO. The van der Waals surface area contributed by atoms with Crippen LogP contribution < -0.4 is 4.90 Å². The first-order valence-electron chi connectivity index (χ1n) is 6.21. The van der Waals surface area contributed by atoms with E-state index in [2.05, 4.69) is 30.0 Å². The predicted octanol–water partition coefficient (Wildman–Crippen LogP) is 2.65. The van der Waals surface area contributed by atoms with E-state index in [1.165, 1.54) is 36.2 Å². The van der Waals surface area contributed by atoms with E-state index in [9.17, 15) is 0 Å². The highest BCUT2D eigenvalue weighted by Crippen LogP contribution is 2.27. The van der Waals surface area contributed by atoms with E-state index >= 15 is 0 Å². The number of hydrogen-bond donors (Lipinski definition) is 0. The molecule has 2 rings (SSSR count). The number of anilines is 1. The Morgan fingerprint density at radius 2 is 2.25 bits per heavy atom. The van der Waals surface area contributed by atoms with Gasteiger partial charge in [-0.15, -0.1) is 0 Å². The molecule has 0 aliphatic carbocycles. The Hall–Kier alpha value is -1.02. The van der Waals surface area contributed by atoms with Crippen LogP contribution >= 0.6 is 0 Å². The largest absolute Gasteiger partial charge is 0.383 e. The lowest BCUT2D eigenvalue weighted by molar-refractivity contribution is 0.205. The van der Waals surface area contributed by atoms with Crippen molar-refractivity contribution in [3.05, 3.63) is 29.3 Å². The lowest BCUT2D eigenvalue weighted by Gasteiger charge is -2.31. The number of hydrogen-bond acceptors (Lipinski definition) is 2. The molecule has 0 unspecified atom stereocenters. The monoisotopic (exact) mass is 219 g/mol. The van der Waals surface area contributed by atoms with Gasteiger partial charge in [-0.1, -0.05) is 19.1 Å². The molecule has 88 valence electrons. The summed E-state index contributed by atoms with van der Waals surface area (Å²) in [6.45, 7) is 5.21. The summed E-state index contributed by atoms with van der Waals surface area (Å²) in [7, 11) is 1.77. The van der Waals surface area contributed by atoms with Crippen molar-refractivity contribution in [1.82, 2.24) is 0 Å². The highest BCUT2D eigenvalue weighted by atomic mass is 16.5. The Morgan fingerprint density at radius 1 is 1.38 bits per heavy atom. The Labute approximate surface area is 98.2 Å². The van der Waals surface area contributed by atoms with Crippen LogP contribution in [0.5, 0.6) is 0 Å². The van der Waals surface area contributed by atoms with Crippen molar-refractivity contribution in [2.45, 2.75) is 26.2 Å². The van der Waals surface area contributed by atoms with Gasteiger partial charge in [0.05, 0.1) is 6.61 Å². The average molecular weight is 219 g/mol. The zero-order chi connectivity index (χ0) is 11.4. The van der Waals surface area contributed by atoms with Crippen LogP contribution in [-0.2, 0) is 17.6 Å². The number of rotatable bonds is 4. The third kappa shape index (κ3) is 2.38. The van der Waals surface area contributed by atoms with Crippen molar-refractivity contribution in [2.75, 3.05) is 31.7 Å². The third-order valence-corrected chi connectivity index (χ3v) is 3.33. The van der Waals surface area contributed by atoms with Crippen molar-refractivity contribution < 1.29 is 4.74 Å². The molecule has 0 saturated heterocycles. The summed E-state index contributed by atoms with van der Waals surface area (Å²) in [5.41, 5.74) is 4.38. The van der Waals surface area contributed by atoms with Crippen molar-refractivity contribution in [3.63, 3.8) is 0 Å². The molecule has 0 N–H and O–H groups in total. The first-order valence-corrected chi connectivity index (χ1v) is 6.21. The molecule has 0 amide bonds. The quantitative estimate of drug-likeness (QED) is 0.772. The zero-order valence-electron chi connectivity index (χ0n) is 10.3. The molecule has 0 radical (unpaired) electrons. The van der Waals surface area contributed by atoms with Crippen LogP contribution in [-0.4, -0.2) is 26.8 Å². The van der Waals surface area contributed by atoms with E-state index in [1.807, 2.05) is 0 Å². The first kappa shape index (κ1) is 11.5. The standard InChI is InChI=1S/C14H21NO/c1-3-12-6-7-14-13(11-12)5-4-8-15(14)9-10-16-2/h6-7,11H,3-5,8-10H2,1-2H3. The summed E-state index contributed by atoms with van der Waals surface area (Å²) < 4.78 is 5.16. The number of ether oxygens (including phenoxy) is 1. The van der Waals surface area contributed by atoms with Gasteiger partial charge in [0, 0.05) is 25.9 Å². The van der Waals surface area contributed by atoms with E-state index < -0.39 is 0 Å². The van der Waals surface area contributed by atoms with Crippen LogP contribution in [0.4, 0.5) is 5.69 Å². The van der Waals surface area contributed by atoms with Crippen molar-refractivity contribution in [2.24, 2.45) is 0 Å². The number of fused-ring (bicyclic) bond motifs is 1. The molecule has 2 heteroatoms. The summed E-state index contributed by atoms with van der Waals surface area (Å²) in [6, 6.07) is 6.90. The van der Waals surface area contributed by atoms with E-state index in [-0.39, 0.29) is 0 Å². The lowest BCUT2D eigenvalue weighted by atomic mass is 9.98. The van der Waals surface area contributed by atoms with E-state index in [1.54, 1.807) is 7.11 Å². The van der Waals surface area contributed by atoms with Crippen LogP contribution in [0, 0.1) is 0 Å². The van der Waals surface area contributed by atoms with Gasteiger partial charge in [-0.2, -0.15) is 0 Å². The molecule has 0 saturated carbocycles.